The van der Waals surface area contributed by atoms with Gasteiger partial charge in [-0.05, 0) is 20.8 Å². The van der Waals surface area contributed by atoms with E-state index in [0.29, 0.717) is 6.61 Å². The number of hydrogen-bond donors (Lipinski definition) is 0. The molecule has 0 unspecified atom stereocenters. The summed E-state index contributed by atoms with van der Waals surface area (Å²) in [5.74, 6) is 0.00861. The van der Waals surface area contributed by atoms with Gasteiger partial charge in [-0.1, -0.05) is 0 Å². The fourth-order valence-corrected chi connectivity index (χ4v) is 1.02. The highest BCUT2D eigenvalue weighted by Crippen LogP contribution is 1.93. The van der Waals surface area contributed by atoms with Gasteiger partial charge in [0, 0.05) is 0 Å². The first kappa shape index (κ1) is 11.9. The molecule has 0 aromatic rings. The number of hydrogen-bond acceptors (Lipinski definition) is 4. The summed E-state index contributed by atoms with van der Waals surface area (Å²) < 4.78 is 31.2. The van der Waals surface area contributed by atoms with Crippen molar-refractivity contribution < 1.29 is 17.3 Å². The molecule has 0 heterocycles. The van der Waals surface area contributed by atoms with E-state index in [2.05, 4.69) is 4.18 Å². The standard InChI is InChI=1S/C7H16O4S/c1-4-12(8,9)11-6-5-10-7(2)3/h7H,4-6H2,1-3H3. The Morgan fingerprint density at radius 3 is 2.25 bits per heavy atom. The maximum absolute atomic E-state index is 10.8. The normalized spacial score (nSPS) is 12.3. The molecule has 0 amide bonds. The van der Waals surface area contributed by atoms with Gasteiger partial charge in [0.1, 0.15) is 0 Å². The molecule has 74 valence electrons. The first-order valence-corrected chi connectivity index (χ1v) is 5.54. The van der Waals surface area contributed by atoms with Crippen LogP contribution in [0.2, 0.25) is 0 Å². The Morgan fingerprint density at radius 1 is 1.25 bits per heavy atom. The summed E-state index contributed by atoms with van der Waals surface area (Å²) in [6.45, 7) is 5.73. The van der Waals surface area contributed by atoms with Crippen molar-refractivity contribution in [3.05, 3.63) is 0 Å². The van der Waals surface area contributed by atoms with Crippen LogP contribution in [0.25, 0.3) is 0 Å². The monoisotopic (exact) mass is 196 g/mol. The van der Waals surface area contributed by atoms with E-state index in [4.69, 9.17) is 4.74 Å². The molecular formula is C7H16O4S. The molecule has 0 spiro atoms. The van der Waals surface area contributed by atoms with E-state index in [0.717, 1.165) is 0 Å². The van der Waals surface area contributed by atoms with Gasteiger partial charge in [0.2, 0.25) is 0 Å². The van der Waals surface area contributed by atoms with Crippen molar-refractivity contribution in [1.82, 2.24) is 0 Å². The third-order valence-electron chi connectivity index (χ3n) is 1.15. The lowest BCUT2D eigenvalue weighted by atomic mass is 10.5. The number of rotatable bonds is 6. The minimum atomic E-state index is -3.30. The van der Waals surface area contributed by atoms with Gasteiger partial charge < -0.3 is 4.74 Å². The van der Waals surface area contributed by atoms with Gasteiger partial charge in [-0.15, -0.1) is 0 Å². The summed E-state index contributed by atoms with van der Waals surface area (Å²) in [4.78, 5) is 0. The van der Waals surface area contributed by atoms with Crippen LogP contribution in [0.15, 0.2) is 0 Å². The largest absolute Gasteiger partial charge is 0.376 e. The molecule has 0 aromatic carbocycles. The third kappa shape index (κ3) is 6.57. The minimum absolute atomic E-state index is 0.00861. The molecule has 0 fully saturated rings. The van der Waals surface area contributed by atoms with Gasteiger partial charge in [-0.2, -0.15) is 8.42 Å². The Kier molecular flexibility index (Phi) is 5.44. The average molecular weight is 196 g/mol. The molecule has 5 heteroatoms. The van der Waals surface area contributed by atoms with Crippen LogP contribution < -0.4 is 0 Å². The molecule has 0 aromatic heterocycles. The molecule has 0 saturated heterocycles. The Morgan fingerprint density at radius 2 is 1.83 bits per heavy atom. The van der Waals surface area contributed by atoms with E-state index >= 15 is 0 Å². The first-order chi connectivity index (χ1) is 5.48. The molecule has 12 heavy (non-hydrogen) atoms. The Bertz CT molecular complexity index is 195. The summed E-state index contributed by atoms with van der Waals surface area (Å²) >= 11 is 0. The summed E-state index contributed by atoms with van der Waals surface area (Å²) in [6.07, 6.45) is 0.109. The van der Waals surface area contributed by atoms with Crippen LogP contribution in [0.1, 0.15) is 20.8 Å². The van der Waals surface area contributed by atoms with Gasteiger partial charge in [0.15, 0.2) is 0 Å². The van der Waals surface area contributed by atoms with E-state index in [1.54, 1.807) is 6.92 Å². The van der Waals surface area contributed by atoms with Crippen LogP contribution in [-0.2, 0) is 19.0 Å². The molecule has 0 aliphatic carbocycles. The fraction of sp³-hybridized carbons (Fsp3) is 1.00. The van der Waals surface area contributed by atoms with E-state index in [1.807, 2.05) is 13.8 Å². The van der Waals surface area contributed by atoms with E-state index in [-0.39, 0.29) is 18.5 Å². The first-order valence-electron chi connectivity index (χ1n) is 3.96. The maximum atomic E-state index is 10.8. The van der Waals surface area contributed by atoms with Crippen LogP contribution >= 0.6 is 0 Å². The van der Waals surface area contributed by atoms with Gasteiger partial charge >= 0.3 is 0 Å². The molecule has 0 bridgehead atoms. The van der Waals surface area contributed by atoms with Crippen molar-refractivity contribution in [2.75, 3.05) is 19.0 Å². The fourth-order valence-electron chi connectivity index (χ4n) is 0.528. The Balaban J connectivity index is 3.45. The van der Waals surface area contributed by atoms with Crippen LogP contribution in [0.4, 0.5) is 0 Å². The van der Waals surface area contributed by atoms with Gasteiger partial charge in [-0.3, -0.25) is 4.18 Å². The highest BCUT2D eigenvalue weighted by molar-refractivity contribution is 7.86. The third-order valence-corrected chi connectivity index (χ3v) is 2.38. The molecule has 0 aliphatic rings. The maximum Gasteiger partial charge on any atom is 0.267 e. The topological polar surface area (TPSA) is 52.6 Å². The Hall–Kier alpha value is -0.130. The van der Waals surface area contributed by atoms with Crippen LogP contribution in [-0.4, -0.2) is 33.5 Å². The molecular weight excluding hydrogens is 180 g/mol. The second-order valence-corrected chi connectivity index (χ2v) is 4.52. The molecule has 0 rings (SSSR count). The van der Waals surface area contributed by atoms with Gasteiger partial charge in [0.25, 0.3) is 10.1 Å². The molecule has 4 nitrogen and oxygen atoms in total. The van der Waals surface area contributed by atoms with E-state index in [1.165, 1.54) is 0 Å². The average Bonchev–Trinajstić information content (AvgIpc) is 1.98. The molecule has 0 atom stereocenters. The zero-order chi connectivity index (χ0) is 9.61. The second kappa shape index (κ2) is 5.50. The molecule has 0 aliphatic heterocycles. The zero-order valence-corrected chi connectivity index (χ0v) is 8.56. The van der Waals surface area contributed by atoms with Crippen molar-refractivity contribution in [2.45, 2.75) is 26.9 Å². The van der Waals surface area contributed by atoms with Crippen LogP contribution in [0.3, 0.4) is 0 Å². The molecule has 0 saturated carbocycles. The summed E-state index contributed by atoms with van der Waals surface area (Å²) in [5, 5.41) is 0. The summed E-state index contributed by atoms with van der Waals surface area (Å²) in [6, 6.07) is 0. The lowest BCUT2D eigenvalue weighted by Crippen LogP contribution is -2.14. The van der Waals surface area contributed by atoms with Crippen LogP contribution in [0, 0.1) is 0 Å². The summed E-state index contributed by atoms with van der Waals surface area (Å²) in [5.41, 5.74) is 0. The highest BCUT2D eigenvalue weighted by Gasteiger charge is 2.06. The zero-order valence-electron chi connectivity index (χ0n) is 7.74. The van der Waals surface area contributed by atoms with Crippen LogP contribution in [0.5, 0.6) is 0 Å². The van der Waals surface area contributed by atoms with Gasteiger partial charge in [0.05, 0.1) is 25.1 Å². The predicted octanol–water partition coefficient (Wildman–Crippen LogP) is 0.778. The van der Waals surface area contributed by atoms with Crippen molar-refractivity contribution >= 4 is 10.1 Å². The molecule has 0 radical (unpaired) electrons. The predicted molar refractivity (Wildman–Crippen MR) is 46.5 cm³/mol. The lowest BCUT2D eigenvalue weighted by Gasteiger charge is -2.07. The summed E-state index contributed by atoms with van der Waals surface area (Å²) in [7, 11) is -3.30. The second-order valence-electron chi connectivity index (χ2n) is 2.59. The SMILES string of the molecule is CCS(=O)(=O)OCCOC(C)C. The van der Waals surface area contributed by atoms with Crippen molar-refractivity contribution in [2.24, 2.45) is 0 Å². The van der Waals surface area contributed by atoms with Crippen molar-refractivity contribution in [1.29, 1.82) is 0 Å². The quantitative estimate of drug-likeness (QED) is 0.465. The lowest BCUT2D eigenvalue weighted by molar-refractivity contribution is 0.0566. The van der Waals surface area contributed by atoms with Crippen molar-refractivity contribution in [3.63, 3.8) is 0 Å². The smallest absolute Gasteiger partial charge is 0.267 e. The Labute approximate surface area is 74.0 Å². The minimum Gasteiger partial charge on any atom is -0.376 e. The van der Waals surface area contributed by atoms with Crippen molar-refractivity contribution in [3.8, 4) is 0 Å². The highest BCUT2D eigenvalue weighted by atomic mass is 32.2. The van der Waals surface area contributed by atoms with E-state index in [9.17, 15) is 8.42 Å². The molecule has 0 N–H and O–H groups in total. The van der Waals surface area contributed by atoms with Gasteiger partial charge in [-0.25, -0.2) is 0 Å². The van der Waals surface area contributed by atoms with E-state index < -0.39 is 10.1 Å². The number of ether oxygens (including phenoxy) is 1.